The normalized spacial score (nSPS) is 27.8. The Morgan fingerprint density at radius 3 is 2.59 bits per heavy atom. The maximum atomic E-state index is 13.1. The molecule has 3 N–H and O–H groups in total. The maximum absolute atomic E-state index is 13.1. The monoisotopic (exact) mass is 423 g/mol. The molecule has 0 spiro atoms. The molecule has 10 nitrogen and oxygen atoms in total. The first-order valence-electron chi connectivity index (χ1n) is 9.83. The Hall–Kier alpha value is -1.79. The number of aliphatic hydroxyl groups excluding tert-OH is 1. The molecule has 160 valence electrons. The van der Waals surface area contributed by atoms with Gasteiger partial charge in [-0.05, 0) is 41.5 Å². The Kier molecular flexibility index (Phi) is 4.86. The molecule has 0 aromatic carbocycles. The number of hydrogen-bond acceptors (Lipinski definition) is 8. The molecule has 11 heteroatoms. The van der Waals surface area contributed by atoms with Gasteiger partial charge in [0, 0.05) is 0 Å². The van der Waals surface area contributed by atoms with E-state index in [1.165, 1.54) is 4.57 Å². The lowest BCUT2D eigenvalue weighted by atomic mass is 10.1. The van der Waals surface area contributed by atoms with Crippen LogP contribution in [0.25, 0.3) is 11.2 Å². The zero-order chi connectivity index (χ0) is 21.1. The van der Waals surface area contributed by atoms with E-state index in [9.17, 15) is 9.90 Å². The maximum Gasteiger partial charge on any atom is 0.283 e. The number of aromatic nitrogens is 4. The average molecular weight is 424 g/mol. The lowest BCUT2D eigenvalue weighted by Crippen LogP contribution is -2.43. The first kappa shape index (κ1) is 20.5. The van der Waals surface area contributed by atoms with Crippen LogP contribution in [-0.4, -0.2) is 70.4 Å². The lowest BCUT2D eigenvalue weighted by Gasteiger charge is -2.30. The zero-order valence-corrected chi connectivity index (χ0v) is 19.1. The summed E-state index contributed by atoms with van der Waals surface area (Å²) in [6.07, 6.45) is -3.21. The number of ether oxygens (including phenoxy) is 3. The first-order valence-corrected chi connectivity index (χ1v) is 11.2. The summed E-state index contributed by atoms with van der Waals surface area (Å²) in [5, 5.41) is 11.1. The lowest BCUT2D eigenvalue weighted by molar-refractivity contribution is -0.138. The van der Waals surface area contributed by atoms with E-state index in [4.69, 9.17) is 14.2 Å². The molecule has 0 aliphatic carbocycles. The molecule has 1 fully saturated rings. The molecule has 2 aromatic rings. The van der Waals surface area contributed by atoms with Gasteiger partial charge in [0.05, 0.1) is 17.8 Å². The van der Waals surface area contributed by atoms with Crippen molar-refractivity contribution in [2.24, 2.45) is 0 Å². The van der Waals surface area contributed by atoms with E-state index < -0.39 is 39.8 Å². The van der Waals surface area contributed by atoms with Crippen LogP contribution in [0.2, 0.25) is 0 Å². The third-order valence-corrected chi connectivity index (χ3v) is 5.92. The van der Waals surface area contributed by atoms with Gasteiger partial charge < -0.3 is 29.3 Å². The smallest absolute Gasteiger partial charge is 0.283 e. The summed E-state index contributed by atoms with van der Waals surface area (Å²) in [5.41, 5.74) is 0.282. The number of aliphatic hydroxyl groups is 1. The number of imidazole rings is 1. The van der Waals surface area contributed by atoms with Gasteiger partial charge in [-0.2, -0.15) is 4.98 Å². The van der Waals surface area contributed by atoms with E-state index in [2.05, 4.69) is 19.9 Å². The predicted molar refractivity (Wildman–Crippen MR) is 110 cm³/mol. The summed E-state index contributed by atoms with van der Waals surface area (Å²) in [5.74, 6) is 0.372. The summed E-state index contributed by atoms with van der Waals surface area (Å²) in [4.78, 5) is 28.1. The SMILES string of the molecule is CC(C)(C)OC[C@H]1OC(n2c3nc4nc([nH]c4c2=O)[SiH2]N3)[C@@H](O)[C@@H]1OC(C)(C)C. The molecular weight excluding hydrogens is 394 g/mol. The Balaban J connectivity index is 1.71. The summed E-state index contributed by atoms with van der Waals surface area (Å²) < 4.78 is 19.5. The minimum Gasteiger partial charge on any atom is -0.386 e. The summed E-state index contributed by atoms with van der Waals surface area (Å²) in [7, 11) is -0.950. The molecule has 4 rings (SSSR count). The van der Waals surface area contributed by atoms with Crippen molar-refractivity contribution in [3.8, 4) is 0 Å². The number of nitrogens with one attached hydrogen (secondary N) is 2. The second-order valence-electron chi connectivity index (χ2n) is 9.52. The highest BCUT2D eigenvalue weighted by Crippen LogP contribution is 2.35. The van der Waals surface area contributed by atoms with Crippen LogP contribution in [0.5, 0.6) is 0 Å². The molecule has 4 atom stereocenters. The highest BCUT2D eigenvalue weighted by atomic mass is 28.2. The third-order valence-electron chi connectivity index (χ3n) is 4.75. The van der Waals surface area contributed by atoms with E-state index in [0.29, 0.717) is 17.1 Å². The average Bonchev–Trinajstić information content (AvgIpc) is 3.04. The number of aromatic amines is 1. The van der Waals surface area contributed by atoms with Crippen molar-refractivity contribution in [2.75, 3.05) is 11.6 Å². The van der Waals surface area contributed by atoms with Crippen molar-refractivity contribution in [2.45, 2.75) is 77.3 Å². The number of rotatable bonds is 4. The van der Waals surface area contributed by atoms with Crippen molar-refractivity contribution in [1.82, 2.24) is 19.5 Å². The van der Waals surface area contributed by atoms with Gasteiger partial charge in [-0.3, -0.25) is 4.79 Å². The predicted octanol–water partition coefficient (Wildman–Crippen LogP) is -0.489. The van der Waals surface area contributed by atoms with E-state index in [1.54, 1.807) is 0 Å². The number of anilines is 1. The number of nitrogens with zero attached hydrogens (tertiary/aromatic N) is 3. The van der Waals surface area contributed by atoms with Crippen molar-refractivity contribution in [3.63, 3.8) is 0 Å². The quantitative estimate of drug-likeness (QED) is 0.563. The summed E-state index contributed by atoms with van der Waals surface area (Å²) >= 11 is 0. The van der Waals surface area contributed by atoms with Gasteiger partial charge in [-0.15, -0.1) is 0 Å². The number of hydrogen-bond donors (Lipinski definition) is 3. The van der Waals surface area contributed by atoms with E-state index in [0.717, 1.165) is 5.45 Å². The van der Waals surface area contributed by atoms with Crippen LogP contribution in [0, 0.1) is 0 Å². The standard InChI is InChI=1S/C18H29N5O5Si/c1-17(2,3)26-7-8-11(28-18(4,5)6)10(24)14(27-8)23-13(25)9-12-20-15(23)22-29-16(19-9)21-12/h8,10-11,14,24H,7,29H2,1-6H3,(H,19,21)(H,20,22)/t8-,10+,11-,14?/m1/s1. The zero-order valence-electron chi connectivity index (χ0n) is 17.6. The molecule has 3 bridgehead atoms. The Bertz CT molecular complexity index is 976. The molecule has 2 aliphatic rings. The fraction of sp³-hybridized carbons (Fsp3) is 0.722. The molecular formula is C18H29N5O5Si. The Labute approximate surface area is 170 Å². The van der Waals surface area contributed by atoms with E-state index in [-0.39, 0.29) is 17.8 Å². The van der Waals surface area contributed by atoms with Crippen LogP contribution in [0.4, 0.5) is 5.95 Å². The van der Waals surface area contributed by atoms with Gasteiger partial charge in [0.1, 0.15) is 23.8 Å². The van der Waals surface area contributed by atoms with Crippen molar-refractivity contribution < 1.29 is 19.3 Å². The highest BCUT2D eigenvalue weighted by Gasteiger charge is 2.48. The number of H-pyrrole nitrogens is 1. The van der Waals surface area contributed by atoms with Crippen molar-refractivity contribution in [1.29, 1.82) is 0 Å². The minimum absolute atomic E-state index is 0.230. The van der Waals surface area contributed by atoms with Crippen molar-refractivity contribution in [3.05, 3.63) is 10.4 Å². The molecule has 29 heavy (non-hydrogen) atoms. The Morgan fingerprint density at radius 1 is 1.21 bits per heavy atom. The molecule has 0 amide bonds. The fourth-order valence-corrected chi connectivity index (χ4v) is 4.64. The van der Waals surface area contributed by atoms with Gasteiger partial charge in [0.2, 0.25) is 5.95 Å². The van der Waals surface area contributed by atoms with Crippen LogP contribution in [0.1, 0.15) is 47.8 Å². The topological polar surface area (TPSA) is 124 Å². The summed E-state index contributed by atoms with van der Waals surface area (Å²) in [6, 6.07) is 0. The molecule has 0 radical (unpaired) electrons. The Morgan fingerprint density at radius 2 is 1.93 bits per heavy atom. The summed E-state index contributed by atoms with van der Waals surface area (Å²) in [6.45, 7) is 11.8. The van der Waals surface area contributed by atoms with Crippen LogP contribution in [0.3, 0.4) is 0 Å². The van der Waals surface area contributed by atoms with Gasteiger partial charge >= 0.3 is 0 Å². The van der Waals surface area contributed by atoms with E-state index in [1.807, 2.05) is 41.5 Å². The van der Waals surface area contributed by atoms with Gasteiger partial charge in [-0.1, -0.05) is 0 Å². The minimum atomic E-state index is -1.07. The molecule has 1 saturated heterocycles. The fourth-order valence-electron chi connectivity index (χ4n) is 3.57. The van der Waals surface area contributed by atoms with Crippen LogP contribution in [-0.2, 0) is 14.2 Å². The second-order valence-corrected chi connectivity index (χ2v) is 10.9. The highest BCUT2D eigenvalue weighted by molar-refractivity contribution is 6.55. The molecule has 4 heterocycles. The van der Waals surface area contributed by atoms with Crippen LogP contribution in [0.15, 0.2) is 4.79 Å². The van der Waals surface area contributed by atoms with Gasteiger partial charge in [0.25, 0.3) is 5.56 Å². The van der Waals surface area contributed by atoms with E-state index >= 15 is 0 Å². The van der Waals surface area contributed by atoms with Crippen LogP contribution >= 0.6 is 0 Å². The molecule has 0 saturated carbocycles. The molecule has 2 aromatic heterocycles. The molecule has 1 unspecified atom stereocenters. The number of fused-ring (bicyclic) bond motifs is 2. The molecule has 2 aliphatic heterocycles. The first-order chi connectivity index (χ1) is 13.4. The van der Waals surface area contributed by atoms with Gasteiger partial charge in [0.15, 0.2) is 27.1 Å². The van der Waals surface area contributed by atoms with Crippen molar-refractivity contribution >= 4 is 32.2 Å². The van der Waals surface area contributed by atoms with Crippen LogP contribution < -0.4 is 16.0 Å². The second kappa shape index (κ2) is 6.88. The third kappa shape index (κ3) is 3.97. The largest absolute Gasteiger partial charge is 0.386 e. The van der Waals surface area contributed by atoms with Gasteiger partial charge in [-0.25, -0.2) is 9.55 Å².